The lowest BCUT2D eigenvalue weighted by molar-refractivity contribution is -0.118. The van der Waals surface area contributed by atoms with Gasteiger partial charge in [-0.3, -0.25) is 4.79 Å². The highest BCUT2D eigenvalue weighted by Gasteiger charge is 2.07. The molecule has 0 spiro atoms. The fourth-order valence-electron chi connectivity index (χ4n) is 0.968. The van der Waals surface area contributed by atoms with Gasteiger partial charge in [0.05, 0.1) is 12.2 Å². The first-order valence-corrected chi connectivity index (χ1v) is 6.51. The third-order valence-corrected chi connectivity index (χ3v) is 3.42. The lowest BCUT2D eigenvalue weighted by atomic mass is 10.3. The second kappa shape index (κ2) is 5.86. The van der Waals surface area contributed by atoms with Crippen LogP contribution in [0.3, 0.4) is 0 Å². The summed E-state index contributed by atoms with van der Waals surface area (Å²) in [6, 6.07) is 3.83. The molecule has 0 saturated carbocycles. The van der Waals surface area contributed by atoms with E-state index in [9.17, 15) is 4.79 Å². The van der Waals surface area contributed by atoms with Gasteiger partial charge in [0, 0.05) is 20.5 Å². The maximum Gasteiger partial charge on any atom is 0.239 e. The summed E-state index contributed by atoms with van der Waals surface area (Å²) in [6.07, 6.45) is 0. The van der Waals surface area contributed by atoms with E-state index in [0.29, 0.717) is 0 Å². The molecule has 1 rings (SSSR count). The van der Waals surface area contributed by atoms with Gasteiger partial charge >= 0.3 is 0 Å². The molecule has 0 saturated heterocycles. The topological polar surface area (TPSA) is 41.1 Å². The van der Waals surface area contributed by atoms with Crippen LogP contribution in [0.2, 0.25) is 0 Å². The first-order valence-electron chi connectivity index (χ1n) is 4.13. The highest BCUT2D eigenvalue weighted by molar-refractivity contribution is 9.11. The van der Waals surface area contributed by atoms with Crippen LogP contribution in [-0.4, -0.2) is 19.5 Å². The van der Waals surface area contributed by atoms with Crippen LogP contribution in [0.5, 0.6) is 0 Å². The fraction of sp³-hybridized carbons (Fsp3) is 0.222. The lowest BCUT2D eigenvalue weighted by Crippen LogP contribution is -2.26. The molecular formula is C9H9Br3N2O. The number of benzene rings is 1. The molecule has 0 unspecified atom stereocenters. The third-order valence-electron chi connectivity index (χ3n) is 1.71. The Hall–Kier alpha value is -0.0700. The van der Waals surface area contributed by atoms with E-state index in [1.54, 1.807) is 7.05 Å². The smallest absolute Gasteiger partial charge is 0.239 e. The molecule has 82 valence electrons. The van der Waals surface area contributed by atoms with Gasteiger partial charge in [-0.2, -0.15) is 0 Å². The Balaban J connectivity index is 2.81. The Morgan fingerprint density at radius 3 is 2.27 bits per heavy atom. The minimum Gasteiger partial charge on any atom is -0.374 e. The zero-order chi connectivity index (χ0) is 11.4. The van der Waals surface area contributed by atoms with E-state index >= 15 is 0 Å². The number of hydrogen-bond acceptors (Lipinski definition) is 2. The van der Waals surface area contributed by atoms with Crippen molar-refractivity contribution in [1.29, 1.82) is 0 Å². The van der Waals surface area contributed by atoms with Crippen LogP contribution in [-0.2, 0) is 4.79 Å². The van der Waals surface area contributed by atoms with Crippen LogP contribution in [0, 0.1) is 0 Å². The summed E-state index contributed by atoms with van der Waals surface area (Å²) in [6.45, 7) is 0.245. The van der Waals surface area contributed by atoms with Crippen LogP contribution < -0.4 is 10.6 Å². The number of likely N-dealkylation sites (N-methyl/N-ethyl adjacent to an activating group) is 1. The number of carbonyl (C=O) groups is 1. The van der Waals surface area contributed by atoms with E-state index < -0.39 is 0 Å². The molecule has 0 fully saturated rings. The molecule has 0 aliphatic rings. The summed E-state index contributed by atoms with van der Waals surface area (Å²) in [7, 11) is 1.61. The monoisotopic (exact) mass is 398 g/mol. The molecule has 0 aromatic heterocycles. The van der Waals surface area contributed by atoms with Crippen molar-refractivity contribution >= 4 is 59.4 Å². The highest BCUT2D eigenvalue weighted by Crippen LogP contribution is 2.34. The van der Waals surface area contributed by atoms with E-state index in [-0.39, 0.29) is 12.5 Å². The number of halogens is 3. The van der Waals surface area contributed by atoms with Gasteiger partial charge in [0.15, 0.2) is 0 Å². The van der Waals surface area contributed by atoms with Crippen molar-refractivity contribution < 1.29 is 4.79 Å². The third kappa shape index (κ3) is 3.77. The first-order chi connectivity index (χ1) is 7.04. The highest BCUT2D eigenvalue weighted by atomic mass is 79.9. The Morgan fingerprint density at radius 1 is 1.27 bits per heavy atom. The average Bonchev–Trinajstić information content (AvgIpc) is 2.15. The molecule has 1 aromatic carbocycles. The second-order valence-electron chi connectivity index (χ2n) is 2.77. The van der Waals surface area contributed by atoms with Crippen molar-refractivity contribution in [3.8, 4) is 0 Å². The molecule has 0 atom stereocenters. The SMILES string of the molecule is CNC(=O)CNc1c(Br)cc(Br)cc1Br. The van der Waals surface area contributed by atoms with E-state index in [0.717, 1.165) is 19.1 Å². The predicted molar refractivity (Wildman–Crippen MR) is 72.1 cm³/mol. The largest absolute Gasteiger partial charge is 0.374 e. The van der Waals surface area contributed by atoms with Crippen molar-refractivity contribution in [2.75, 3.05) is 18.9 Å². The van der Waals surface area contributed by atoms with Gasteiger partial charge in [-0.25, -0.2) is 0 Å². The molecule has 0 bridgehead atoms. The molecule has 0 radical (unpaired) electrons. The molecule has 0 aliphatic carbocycles. The molecule has 0 heterocycles. The predicted octanol–water partition coefficient (Wildman–Crippen LogP) is 3.13. The molecule has 1 amide bonds. The number of amides is 1. The normalized spacial score (nSPS) is 9.87. The first kappa shape index (κ1) is 13.0. The molecular weight excluding hydrogens is 392 g/mol. The maximum atomic E-state index is 11.1. The Bertz CT molecular complexity index is 359. The van der Waals surface area contributed by atoms with E-state index in [2.05, 4.69) is 58.4 Å². The number of rotatable bonds is 3. The summed E-state index contributed by atoms with van der Waals surface area (Å²) in [5.74, 6) is -0.0586. The Morgan fingerprint density at radius 2 is 1.80 bits per heavy atom. The van der Waals surface area contributed by atoms with Gasteiger partial charge in [-0.05, 0) is 44.0 Å². The average molecular weight is 401 g/mol. The summed E-state index contributed by atoms with van der Waals surface area (Å²) < 4.78 is 2.76. The standard InChI is InChI=1S/C9H9Br3N2O/c1-13-8(15)4-14-9-6(11)2-5(10)3-7(9)12/h2-3,14H,4H2,1H3,(H,13,15). The van der Waals surface area contributed by atoms with E-state index in [4.69, 9.17) is 0 Å². The van der Waals surface area contributed by atoms with Gasteiger partial charge in [0.1, 0.15) is 0 Å². The van der Waals surface area contributed by atoms with Gasteiger partial charge in [0.25, 0.3) is 0 Å². The Labute approximate surface area is 113 Å². The number of hydrogen-bond donors (Lipinski definition) is 2. The lowest BCUT2D eigenvalue weighted by Gasteiger charge is -2.10. The van der Waals surface area contributed by atoms with Crippen LogP contribution in [0.4, 0.5) is 5.69 Å². The number of carbonyl (C=O) groups excluding carboxylic acids is 1. The van der Waals surface area contributed by atoms with E-state index in [1.807, 2.05) is 12.1 Å². The van der Waals surface area contributed by atoms with Crippen LogP contribution >= 0.6 is 47.8 Å². The van der Waals surface area contributed by atoms with Gasteiger partial charge in [-0.1, -0.05) is 15.9 Å². The van der Waals surface area contributed by atoms with Crippen LogP contribution in [0.15, 0.2) is 25.6 Å². The van der Waals surface area contributed by atoms with Gasteiger partial charge in [-0.15, -0.1) is 0 Å². The van der Waals surface area contributed by atoms with Crippen LogP contribution in [0.25, 0.3) is 0 Å². The summed E-state index contributed by atoms with van der Waals surface area (Å²) in [5, 5.41) is 5.58. The number of nitrogens with one attached hydrogen (secondary N) is 2. The fourth-order valence-corrected chi connectivity index (χ4v) is 3.51. The minimum atomic E-state index is -0.0586. The zero-order valence-corrected chi connectivity index (χ0v) is 12.7. The van der Waals surface area contributed by atoms with Gasteiger partial charge < -0.3 is 10.6 Å². The molecule has 0 aliphatic heterocycles. The van der Waals surface area contributed by atoms with Crippen molar-refractivity contribution in [2.24, 2.45) is 0 Å². The summed E-state index contributed by atoms with van der Waals surface area (Å²) in [4.78, 5) is 11.1. The van der Waals surface area contributed by atoms with Crippen molar-refractivity contribution in [3.05, 3.63) is 25.6 Å². The quantitative estimate of drug-likeness (QED) is 0.818. The van der Waals surface area contributed by atoms with Crippen molar-refractivity contribution in [1.82, 2.24) is 5.32 Å². The van der Waals surface area contributed by atoms with E-state index in [1.165, 1.54) is 0 Å². The molecule has 6 heteroatoms. The van der Waals surface area contributed by atoms with Crippen molar-refractivity contribution in [2.45, 2.75) is 0 Å². The second-order valence-corrected chi connectivity index (χ2v) is 5.40. The summed E-state index contributed by atoms with van der Waals surface area (Å²) in [5.41, 5.74) is 0.863. The molecule has 15 heavy (non-hydrogen) atoms. The van der Waals surface area contributed by atoms with Crippen molar-refractivity contribution in [3.63, 3.8) is 0 Å². The summed E-state index contributed by atoms with van der Waals surface area (Å²) >= 11 is 10.2. The maximum absolute atomic E-state index is 11.1. The van der Waals surface area contributed by atoms with Gasteiger partial charge in [0.2, 0.25) is 5.91 Å². The minimum absolute atomic E-state index is 0.0586. The molecule has 1 aromatic rings. The van der Waals surface area contributed by atoms with Crippen LogP contribution in [0.1, 0.15) is 0 Å². The molecule has 3 nitrogen and oxygen atoms in total. The zero-order valence-electron chi connectivity index (χ0n) is 7.90. The molecule has 2 N–H and O–H groups in total. The number of anilines is 1. The Kier molecular flexibility index (Phi) is 5.08.